The first-order valence-electron chi connectivity index (χ1n) is 11.4. The number of morpholine rings is 1. The van der Waals surface area contributed by atoms with Crippen LogP contribution in [0.3, 0.4) is 0 Å². The van der Waals surface area contributed by atoms with Crippen LogP contribution in [0.25, 0.3) is 11.4 Å². The van der Waals surface area contributed by atoms with E-state index in [1.54, 1.807) is 18.2 Å². The lowest BCUT2D eigenvalue weighted by Gasteiger charge is -2.30. The van der Waals surface area contributed by atoms with Crippen LogP contribution < -0.4 is 10.2 Å². The first-order chi connectivity index (χ1) is 16.8. The van der Waals surface area contributed by atoms with Gasteiger partial charge in [0.15, 0.2) is 5.82 Å². The smallest absolute Gasteiger partial charge is 0.257 e. The Bertz CT molecular complexity index is 1330. The van der Waals surface area contributed by atoms with Crippen molar-refractivity contribution < 1.29 is 17.9 Å². The van der Waals surface area contributed by atoms with Gasteiger partial charge in [0.2, 0.25) is 10.0 Å². The largest absolute Gasteiger partial charge is 0.378 e. The molecular weight excluding hydrogens is 470 g/mol. The number of tetrazole rings is 1. The second-order valence-corrected chi connectivity index (χ2v) is 10.9. The quantitative estimate of drug-likeness (QED) is 0.526. The Labute approximate surface area is 203 Å². The normalized spacial score (nSPS) is 16.5. The number of nitrogens with one attached hydrogen (secondary N) is 1. The predicted octanol–water partition coefficient (Wildman–Crippen LogP) is 2.01. The highest BCUT2D eigenvalue weighted by Gasteiger charge is 2.28. The van der Waals surface area contributed by atoms with Gasteiger partial charge in [0.05, 0.1) is 29.7 Å². The molecule has 1 aliphatic heterocycles. The molecule has 2 heterocycles. The maximum Gasteiger partial charge on any atom is 0.257 e. The summed E-state index contributed by atoms with van der Waals surface area (Å²) >= 11 is 0. The van der Waals surface area contributed by atoms with Crippen LogP contribution in [0.5, 0.6) is 0 Å². The monoisotopic (exact) mass is 497 g/mol. The molecule has 12 heteroatoms. The SMILES string of the molecule is CN(C)S(=O)(=O)c1ccc(N2CCOCC2)c(C(=O)Nc2ccc(-c3nnnn3C3CC3)cc2)c1. The molecule has 1 saturated heterocycles. The molecule has 0 bridgehead atoms. The van der Waals surface area contributed by atoms with Gasteiger partial charge < -0.3 is 15.0 Å². The Kier molecular flexibility index (Phi) is 6.26. The number of nitrogens with zero attached hydrogens (tertiary/aromatic N) is 6. The third-order valence-corrected chi connectivity index (χ3v) is 7.94. The minimum atomic E-state index is -3.70. The van der Waals surface area contributed by atoms with Gasteiger partial charge in [-0.05, 0) is 65.7 Å². The maximum absolute atomic E-state index is 13.4. The summed E-state index contributed by atoms with van der Waals surface area (Å²) in [7, 11) is -0.772. The van der Waals surface area contributed by atoms with Crippen molar-refractivity contribution in [3.63, 3.8) is 0 Å². The molecule has 1 aliphatic carbocycles. The fraction of sp³-hybridized carbons (Fsp3) is 0.391. The molecule has 3 aromatic rings. The van der Waals surface area contributed by atoms with Gasteiger partial charge in [-0.3, -0.25) is 4.79 Å². The van der Waals surface area contributed by atoms with Crippen LogP contribution in [0, 0.1) is 0 Å². The summed E-state index contributed by atoms with van der Waals surface area (Å²) in [6, 6.07) is 12.3. The van der Waals surface area contributed by atoms with Crippen LogP contribution in [0.15, 0.2) is 47.4 Å². The van der Waals surface area contributed by atoms with E-state index in [0.29, 0.717) is 49.5 Å². The molecule has 11 nitrogen and oxygen atoms in total. The van der Waals surface area contributed by atoms with Crippen LogP contribution in [-0.2, 0) is 14.8 Å². The number of hydrogen-bond donors (Lipinski definition) is 1. The van der Waals surface area contributed by atoms with E-state index in [9.17, 15) is 13.2 Å². The molecule has 0 spiro atoms. The van der Waals surface area contributed by atoms with E-state index in [-0.39, 0.29) is 10.5 Å². The molecule has 184 valence electrons. The van der Waals surface area contributed by atoms with Gasteiger partial charge in [0, 0.05) is 44.1 Å². The van der Waals surface area contributed by atoms with Gasteiger partial charge >= 0.3 is 0 Å². The zero-order valence-electron chi connectivity index (χ0n) is 19.6. The summed E-state index contributed by atoms with van der Waals surface area (Å²) in [5, 5.41) is 14.9. The third kappa shape index (κ3) is 4.77. The van der Waals surface area contributed by atoms with Crippen molar-refractivity contribution in [2.45, 2.75) is 23.8 Å². The van der Waals surface area contributed by atoms with E-state index in [1.165, 1.54) is 26.2 Å². The number of sulfonamides is 1. The second-order valence-electron chi connectivity index (χ2n) is 8.78. The Morgan fingerprint density at radius 2 is 1.80 bits per heavy atom. The molecule has 0 atom stereocenters. The van der Waals surface area contributed by atoms with Crippen molar-refractivity contribution >= 4 is 27.3 Å². The maximum atomic E-state index is 13.4. The second kappa shape index (κ2) is 9.36. The molecule has 1 aromatic heterocycles. The number of rotatable bonds is 7. The summed E-state index contributed by atoms with van der Waals surface area (Å²) in [5.41, 5.74) is 2.39. The zero-order chi connectivity index (χ0) is 24.6. The van der Waals surface area contributed by atoms with E-state index in [4.69, 9.17) is 4.74 Å². The lowest BCUT2D eigenvalue weighted by Crippen LogP contribution is -2.37. The van der Waals surface area contributed by atoms with Crippen molar-refractivity contribution in [1.29, 1.82) is 0 Å². The number of hydrogen-bond acceptors (Lipinski definition) is 8. The summed E-state index contributed by atoms with van der Waals surface area (Å²) in [4.78, 5) is 15.5. The predicted molar refractivity (Wildman–Crippen MR) is 130 cm³/mol. The summed E-state index contributed by atoms with van der Waals surface area (Å²) in [5.74, 6) is 0.305. The average molecular weight is 498 g/mol. The highest BCUT2D eigenvalue weighted by molar-refractivity contribution is 7.89. The summed E-state index contributed by atoms with van der Waals surface area (Å²) in [6.07, 6.45) is 2.14. The minimum Gasteiger partial charge on any atom is -0.378 e. The van der Waals surface area contributed by atoms with Crippen molar-refractivity contribution in [3.8, 4) is 11.4 Å². The van der Waals surface area contributed by atoms with Crippen molar-refractivity contribution in [2.75, 3.05) is 50.6 Å². The molecule has 2 fully saturated rings. The Morgan fingerprint density at radius 3 is 2.46 bits per heavy atom. The Morgan fingerprint density at radius 1 is 1.09 bits per heavy atom. The average Bonchev–Trinajstić information content (AvgIpc) is 3.60. The topological polar surface area (TPSA) is 123 Å². The number of ether oxygens (including phenoxy) is 1. The van der Waals surface area contributed by atoms with Crippen LogP contribution in [-0.4, -0.2) is 79.2 Å². The van der Waals surface area contributed by atoms with E-state index in [2.05, 4.69) is 20.8 Å². The van der Waals surface area contributed by atoms with Crippen molar-refractivity contribution in [3.05, 3.63) is 48.0 Å². The fourth-order valence-corrected chi connectivity index (χ4v) is 4.93. The molecule has 0 radical (unpaired) electrons. The van der Waals surface area contributed by atoms with E-state index in [1.807, 2.05) is 21.7 Å². The molecule has 2 aromatic carbocycles. The van der Waals surface area contributed by atoms with E-state index in [0.717, 1.165) is 22.7 Å². The Hall–Kier alpha value is -3.35. The van der Waals surface area contributed by atoms with Crippen molar-refractivity contribution in [1.82, 2.24) is 24.5 Å². The Balaban J connectivity index is 1.42. The van der Waals surface area contributed by atoms with E-state index >= 15 is 0 Å². The molecule has 5 rings (SSSR count). The number of anilines is 2. The minimum absolute atomic E-state index is 0.0620. The molecule has 1 amide bonds. The highest BCUT2D eigenvalue weighted by atomic mass is 32.2. The van der Waals surface area contributed by atoms with Gasteiger partial charge in [-0.25, -0.2) is 17.4 Å². The highest BCUT2D eigenvalue weighted by Crippen LogP contribution is 2.36. The molecule has 0 unspecified atom stereocenters. The van der Waals surface area contributed by atoms with Gasteiger partial charge in [-0.2, -0.15) is 0 Å². The first kappa shape index (κ1) is 23.4. The number of benzene rings is 2. The molecule has 1 N–H and O–H groups in total. The lowest BCUT2D eigenvalue weighted by atomic mass is 10.1. The lowest BCUT2D eigenvalue weighted by molar-refractivity contribution is 0.102. The molecule has 1 saturated carbocycles. The number of carbonyl (C=O) groups is 1. The summed E-state index contributed by atoms with van der Waals surface area (Å²) in [6.45, 7) is 2.32. The zero-order valence-corrected chi connectivity index (χ0v) is 20.4. The number of carbonyl (C=O) groups excluding carboxylic acids is 1. The van der Waals surface area contributed by atoms with Crippen molar-refractivity contribution in [2.24, 2.45) is 0 Å². The number of aromatic nitrogens is 4. The fourth-order valence-electron chi connectivity index (χ4n) is 4.00. The summed E-state index contributed by atoms with van der Waals surface area (Å²) < 4.78 is 33.8. The molecule has 35 heavy (non-hydrogen) atoms. The standard InChI is InChI=1S/C23H27N7O4S/c1-28(2)35(32,33)19-9-10-21(29-11-13-34-14-12-29)20(15-19)23(31)24-17-5-3-16(4-6-17)22-25-26-27-30(22)18-7-8-18/h3-6,9-10,15,18H,7-8,11-14H2,1-2H3,(H,24,31). The third-order valence-electron chi connectivity index (χ3n) is 6.13. The van der Waals surface area contributed by atoms with Gasteiger partial charge in [-0.1, -0.05) is 0 Å². The van der Waals surface area contributed by atoms with Crippen LogP contribution in [0.2, 0.25) is 0 Å². The number of amides is 1. The van der Waals surface area contributed by atoms with Crippen LogP contribution in [0.4, 0.5) is 11.4 Å². The van der Waals surface area contributed by atoms with Gasteiger partial charge in [0.1, 0.15) is 0 Å². The van der Waals surface area contributed by atoms with E-state index < -0.39 is 15.9 Å². The van der Waals surface area contributed by atoms with Gasteiger partial charge in [-0.15, -0.1) is 5.10 Å². The van der Waals surface area contributed by atoms with Crippen LogP contribution >= 0.6 is 0 Å². The molecular formula is C23H27N7O4S. The van der Waals surface area contributed by atoms with Gasteiger partial charge in [0.25, 0.3) is 5.91 Å². The molecule has 2 aliphatic rings. The van der Waals surface area contributed by atoms with Crippen LogP contribution in [0.1, 0.15) is 29.2 Å². The first-order valence-corrected chi connectivity index (χ1v) is 12.9.